The van der Waals surface area contributed by atoms with E-state index in [2.05, 4.69) is 29.7 Å². The van der Waals surface area contributed by atoms with Crippen molar-refractivity contribution in [3.63, 3.8) is 0 Å². The second kappa shape index (κ2) is 7.53. The Morgan fingerprint density at radius 1 is 0.853 bits per heavy atom. The van der Waals surface area contributed by atoms with Gasteiger partial charge in [-0.25, -0.2) is 0 Å². The van der Waals surface area contributed by atoms with Crippen molar-refractivity contribution in [2.24, 2.45) is 11.8 Å². The molecule has 34 heavy (non-hydrogen) atoms. The highest BCUT2D eigenvalue weighted by Crippen LogP contribution is 2.60. The van der Waals surface area contributed by atoms with Crippen LogP contribution in [-0.4, -0.2) is 21.7 Å². The number of imide groups is 1. The zero-order valence-electron chi connectivity index (χ0n) is 17.7. The molecule has 1 aliphatic heterocycles. The molecule has 0 unspecified atom stereocenters. The van der Waals surface area contributed by atoms with Crippen molar-refractivity contribution in [3.8, 4) is 0 Å². The number of nitrogens with one attached hydrogen (secondary N) is 1. The minimum absolute atomic E-state index is 0.101. The van der Waals surface area contributed by atoms with Gasteiger partial charge in [0.1, 0.15) is 0 Å². The monoisotopic (exact) mass is 471 g/mol. The second-order valence-electron chi connectivity index (χ2n) is 8.70. The molecule has 4 aliphatic rings. The average Bonchev–Trinajstić information content (AvgIpc) is 3.10. The zero-order chi connectivity index (χ0) is 23.6. The maximum absolute atomic E-state index is 13.5. The number of halogens is 1. The molecule has 7 rings (SSSR count). The number of hydrazine groups is 1. The molecule has 1 heterocycles. The molecule has 7 nitrogen and oxygen atoms in total. The van der Waals surface area contributed by atoms with Gasteiger partial charge in [-0.1, -0.05) is 60.1 Å². The van der Waals surface area contributed by atoms with Crippen LogP contribution in [0.1, 0.15) is 39.7 Å². The van der Waals surface area contributed by atoms with Crippen molar-refractivity contribution >= 4 is 35.2 Å². The predicted octanol–water partition coefficient (Wildman–Crippen LogP) is 4.62. The summed E-state index contributed by atoms with van der Waals surface area (Å²) in [7, 11) is 0. The smallest absolute Gasteiger partial charge is 0.270 e. The number of hydrogen-bond donors (Lipinski definition) is 1. The number of hydrogen-bond acceptors (Lipinski definition) is 5. The highest BCUT2D eigenvalue weighted by Gasteiger charge is 2.61. The largest absolute Gasteiger partial charge is 0.296 e. The van der Waals surface area contributed by atoms with Gasteiger partial charge < -0.3 is 0 Å². The van der Waals surface area contributed by atoms with Crippen LogP contribution in [0.5, 0.6) is 0 Å². The number of carbonyl (C=O) groups is 2. The summed E-state index contributed by atoms with van der Waals surface area (Å²) < 4.78 is 0. The molecule has 3 aromatic carbocycles. The number of benzene rings is 3. The third-order valence-electron chi connectivity index (χ3n) is 7.11. The van der Waals surface area contributed by atoms with Crippen molar-refractivity contribution in [3.05, 3.63) is 116 Å². The van der Waals surface area contributed by atoms with E-state index in [1.54, 1.807) is 0 Å². The van der Waals surface area contributed by atoms with Crippen LogP contribution in [0.4, 0.5) is 5.69 Å². The van der Waals surface area contributed by atoms with Crippen molar-refractivity contribution in [2.75, 3.05) is 0 Å². The van der Waals surface area contributed by atoms with Crippen LogP contribution in [-0.2, 0) is 9.59 Å². The van der Waals surface area contributed by atoms with E-state index in [0.29, 0.717) is 10.6 Å². The molecule has 3 aromatic rings. The number of nitro benzene ring substituents is 1. The quantitative estimate of drug-likeness (QED) is 0.340. The van der Waals surface area contributed by atoms with E-state index in [-0.39, 0.29) is 29.3 Å². The first-order valence-corrected chi connectivity index (χ1v) is 11.3. The SMILES string of the molecule is O=C1[C@@H]2C3c4ccccc4C(c4ccccc43)[C@@H]2C(=O)N1N/C=C/c1cc([N+](=O)[O-])ccc1Cl. The third-order valence-corrected chi connectivity index (χ3v) is 7.45. The van der Waals surface area contributed by atoms with Crippen LogP contribution in [0.25, 0.3) is 6.08 Å². The van der Waals surface area contributed by atoms with Gasteiger partial charge in [-0.3, -0.25) is 25.1 Å². The minimum Gasteiger partial charge on any atom is -0.296 e. The molecule has 2 amide bonds. The highest BCUT2D eigenvalue weighted by molar-refractivity contribution is 6.32. The predicted molar refractivity (Wildman–Crippen MR) is 126 cm³/mol. The standard InChI is InChI=1S/C26H18ClN3O4/c27-20-10-9-15(30(33)34)13-14(20)11-12-28-29-25(31)23-21-16-5-1-2-6-17(16)22(24(23)26(29)32)19-8-4-3-7-18(19)21/h1-13,21-24,28H/b12-11+/t21?,22?,23-,24+. The van der Waals surface area contributed by atoms with Crippen LogP contribution in [0, 0.1) is 22.0 Å². The molecule has 1 N–H and O–H groups in total. The summed E-state index contributed by atoms with van der Waals surface area (Å²) in [5, 5.41) is 12.5. The Morgan fingerprint density at radius 3 is 1.82 bits per heavy atom. The molecule has 0 aromatic heterocycles. The molecule has 168 valence electrons. The first kappa shape index (κ1) is 20.6. The summed E-state index contributed by atoms with van der Waals surface area (Å²) in [5.74, 6) is -1.87. The van der Waals surface area contributed by atoms with Crippen molar-refractivity contribution in [1.29, 1.82) is 0 Å². The van der Waals surface area contributed by atoms with Crippen LogP contribution in [0.2, 0.25) is 5.02 Å². The fourth-order valence-corrected chi connectivity index (χ4v) is 5.96. The van der Waals surface area contributed by atoms with Crippen molar-refractivity contribution < 1.29 is 14.5 Å². The second-order valence-corrected chi connectivity index (χ2v) is 9.11. The Morgan fingerprint density at radius 2 is 1.35 bits per heavy atom. The molecule has 1 fully saturated rings. The molecule has 8 heteroatoms. The summed E-state index contributed by atoms with van der Waals surface area (Å²) in [4.78, 5) is 37.6. The van der Waals surface area contributed by atoms with Crippen molar-refractivity contribution in [2.45, 2.75) is 11.8 Å². The average molecular weight is 472 g/mol. The maximum Gasteiger partial charge on any atom is 0.270 e. The number of nitrogens with zero attached hydrogens (tertiary/aromatic N) is 2. The Balaban J connectivity index is 1.34. The van der Waals surface area contributed by atoms with Gasteiger partial charge >= 0.3 is 0 Å². The molecule has 1 saturated heterocycles. The molecular formula is C26H18ClN3O4. The molecule has 0 spiro atoms. The van der Waals surface area contributed by atoms with E-state index in [9.17, 15) is 19.7 Å². The lowest BCUT2D eigenvalue weighted by Gasteiger charge is -2.45. The zero-order valence-corrected chi connectivity index (χ0v) is 18.5. The van der Waals surface area contributed by atoms with Gasteiger partial charge in [0, 0.05) is 40.8 Å². The van der Waals surface area contributed by atoms with Crippen LogP contribution < -0.4 is 5.43 Å². The summed E-state index contributed by atoms with van der Waals surface area (Å²) in [6.07, 6.45) is 2.93. The molecule has 2 bridgehead atoms. The van der Waals surface area contributed by atoms with E-state index < -0.39 is 16.8 Å². The van der Waals surface area contributed by atoms with Gasteiger partial charge in [0.05, 0.1) is 16.8 Å². The molecular weight excluding hydrogens is 454 g/mol. The van der Waals surface area contributed by atoms with Crippen LogP contribution >= 0.6 is 11.6 Å². The number of amides is 2. The van der Waals surface area contributed by atoms with E-state index in [1.165, 1.54) is 30.5 Å². The van der Waals surface area contributed by atoms with E-state index in [1.807, 2.05) is 24.3 Å². The minimum atomic E-state index is -0.510. The summed E-state index contributed by atoms with van der Waals surface area (Å²) in [6, 6.07) is 20.2. The van der Waals surface area contributed by atoms with Crippen LogP contribution in [0.3, 0.4) is 0 Å². The fourth-order valence-electron chi connectivity index (χ4n) is 5.78. The highest BCUT2D eigenvalue weighted by atomic mass is 35.5. The van der Waals surface area contributed by atoms with Crippen LogP contribution in [0.15, 0.2) is 72.9 Å². The van der Waals surface area contributed by atoms with E-state index in [0.717, 1.165) is 27.3 Å². The lowest BCUT2D eigenvalue weighted by molar-refractivity contribution is -0.384. The van der Waals surface area contributed by atoms with E-state index in [4.69, 9.17) is 11.6 Å². The molecule has 0 saturated carbocycles. The Hall–Kier alpha value is -3.97. The molecule has 3 aliphatic carbocycles. The lowest BCUT2D eigenvalue weighted by atomic mass is 9.55. The van der Waals surface area contributed by atoms with Gasteiger partial charge in [-0.15, -0.1) is 0 Å². The first-order chi connectivity index (χ1) is 16.5. The topological polar surface area (TPSA) is 92.6 Å². The van der Waals surface area contributed by atoms with Gasteiger partial charge in [0.2, 0.25) is 0 Å². The van der Waals surface area contributed by atoms with E-state index >= 15 is 0 Å². The van der Waals surface area contributed by atoms with Gasteiger partial charge in [-0.05, 0) is 34.4 Å². The molecule has 2 atom stereocenters. The Bertz CT molecular complexity index is 1300. The third kappa shape index (κ3) is 2.83. The first-order valence-electron chi connectivity index (χ1n) is 10.9. The number of nitro groups is 1. The maximum atomic E-state index is 13.5. The fraction of sp³-hybridized carbons (Fsp3) is 0.154. The van der Waals surface area contributed by atoms with Gasteiger partial charge in [0.15, 0.2) is 0 Å². The lowest BCUT2D eigenvalue weighted by Crippen LogP contribution is -2.41. The van der Waals surface area contributed by atoms with Gasteiger partial charge in [-0.2, -0.15) is 5.01 Å². The van der Waals surface area contributed by atoms with Crippen molar-refractivity contribution in [1.82, 2.24) is 10.4 Å². The summed E-state index contributed by atoms with van der Waals surface area (Å²) in [6.45, 7) is 0. The normalized spacial score (nSPS) is 24.2. The Kier molecular flexibility index (Phi) is 4.57. The summed E-state index contributed by atoms with van der Waals surface area (Å²) in [5.41, 5.74) is 7.53. The molecule has 0 radical (unpaired) electrons. The van der Waals surface area contributed by atoms with Gasteiger partial charge in [0.25, 0.3) is 17.5 Å². The summed E-state index contributed by atoms with van der Waals surface area (Å²) >= 11 is 6.15. The number of carbonyl (C=O) groups excluding carboxylic acids is 2. The Labute approximate surface area is 199 Å². The number of rotatable bonds is 4. The number of non-ortho nitro benzene ring substituents is 1.